The smallest absolute Gasteiger partial charge is 0.225 e. The molecule has 2 atom stereocenters. The van der Waals surface area contributed by atoms with Gasteiger partial charge in [0.05, 0.1) is 5.92 Å². The van der Waals surface area contributed by atoms with Gasteiger partial charge in [-0.05, 0) is 44.7 Å². The predicted molar refractivity (Wildman–Crippen MR) is 91.8 cm³/mol. The molecule has 1 amide bonds. The van der Waals surface area contributed by atoms with Gasteiger partial charge in [-0.15, -0.1) is 11.8 Å². The zero-order valence-electron chi connectivity index (χ0n) is 13.3. The molecule has 2 aliphatic rings. The van der Waals surface area contributed by atoms with Gasteiger partial charge in [-0.1, -0.05) is 31.0 Å². The maximum Gasteiger partial charge on any atom is 0.225 e. The van der Waals surface area contributed by atoms with E-state index >= 15 is 0 Å². The van der Waals surface area contributed by atoms with Crippen molar-refractivity contribution >= 4 is 17.7 Å². The minimum absolute atomic E-state index is 0.0289. The van der Waals surface area contributed by atoms with Crippen LogP contribution < -0.4 is 11.1 Å². The molecule has 2 unspecified atom stereocenters. The summed E-state index contributed by atoms with van der Waals surface area (Å²) in [6.07, 6.45) is 6.50. The maximum absolute atomic E-state index is 12.5. The number of nitrogens with two attached hydrogens (primary N) is 1. The van der Waals surface area contributed by atoms with E-state index in [1.54, 1.807) is 0 Å². The van der Waals surface area contributed by atoms with Crippen molar-refractivity contribution in [1.29, 1.82) is 0 Å². The molecule has 0 spiro atoms. The van der Waals surface area contributed by atoms with Gasteiger partial charge < -0.3 is 11.1 Å². The first-order valence-electron chi connectivity index (χ1n) is 8.32. The molecule has 1 aromatic carbocycles. The molecule has 3 N–H and O–H groups in total. The van der Waals surface area contributed by atoms with Crippen LogP contribution in [0.2, 0.25) is 0 Å². The quantitative estimate of drug-likeness (QED) is 0.875. The van der Waals surface area contributed by atoms with E-state index < -0.39 is 0 Å². The highest BCUT2D eigenvalue weighted by atomic mass is 32.2. The van der Waals surface area contributed by atoms with E-state index in [1.165, 1.54) is 17.7 Å². The Morgan fingerprint density at radius 2 is 2.00 bits per heavy atom. The summed E-state index contributed by atoms with van der Waals surface area (Å²) in [6, 6.07) is 10.5. The Morgan fingerprint density at radius 1 is 1.27 bits per heavy atom. The Balaban J connectivity index is 1.54. The van der Waals surface area contributed by atoms with E-state index in [9.17, 15) is 4.79 Å². The number of nitrogens with one attached hydrogen (secondary N) is 1. The molecule has 2 saturated carbocycles. The Labute approximate surface area is 137 Å². The summed E-state index contributed by atoms with van der Waals surface area (Å²) < 4.78 is 0.205. The minimum atomic E-state index is -0.342. The van der Waals surface area contributed by atoms with Gasteiger partial charge in [-0.25, -0.2) is 0 Å². The maximum atomic E-state index is 12.5. The number of hydrogen-bond acceptors (Lipinski definition) is 3. The number of benzene rings is 1. The van der Waals surface area contributed by atoms with E-state index in [1.807, 2.05) is 24.8 Å². The van der Waals surface area contributed by atoms with Crippen molar-refractivity contribution < 1.29 is 4.79 Å². The van der Waals surface area contributed by atoms with Crippen molar-refractivity contribution in [1.82, 2.24) is 5.32 Å². The van der Waals surface area contributed by atoms with Crippen LogP contribution in [0.1, 0.15) is 45.4 Å². The number of hydrogen-bond donors (Lipinski definition) is 2. The van der Waals surface area contributed by atoms with E-state index in [-0.39, 0.29) is 22.1 Å². The van der Waals surface area contributed by atoms with Crippen LogP contribution >= 0.6 is 11.8 Å². The fraction of sp³-hybridized carbons (Fsp3) is 0.611. The summed E-state index contributed by atoms with van der Waals surface area (Å²) in [4.78, 5) is 13.8. The normalized spacial score (nSPS) is 29.8. The van der Waals surface area contributed by atoms with Crippen molar-refractivity contribution in [3.8, 4) is 0 Å². The number of carbonyl (C=O) groups is 1. The van der Waals surface area contributed by atoms with Crippen LogP contribution in [-0.2, 0) is 4.79 Å². The molecular formula is C18H26N2OS. The molecule has 0 aliphatic heterocycles. The molecule has 2 fully saturated rings. The van der Waals surface area contributed by atoms with Gasteiger partial charge in [0, 0.05) is 21.7 Å². The van der Waals surface area contributed by atoms with Crippen molar-refractivity contribution in [2.45, 2.75) is 60.6 Å². The number of thioether (sulfide) groups is 1. The lowest BCUT2D eigenvalue weighted by Crippen LogP contribution is -2.53. The molecule has 0 heterocycles. The van der Waals surface area contributed by atoms with Gasteiger partial charge in [-0.3, -0.25) is 4.79 Å². The third kappa shape index (κ3) is 3.66. The highest BCUT2D eigenvalue weighted by Crippen LogP contribution is 2.51. The average molecular weight is 318 g/mol. The molecule has 3 nitrogen and oxygen atoms in total. The van der Waals surface area contributed by atoms with Crippen molar-refractivity contribution in [2.75, 3.05) is 6.54 Å². The third-order valence-electron chi connectivity index (χ3n) is 5.04. The zero-order chi connectivity index (χ0) is 15.6. The van der Waals surface area contributed by atoms with Crippen LogP contribution in [0.4, 0.5) is 0 Å². The first-order valence-corrected chi connectivity index (χ1v) is 9.13. The van der Waals surface area contributed by atoms with Crippen LogP contribution in [0.15, 0.2) is 35.2 Å². The molecule has 1 aromatic rings. The molecule has 0 bridgehead atoms. The van der Waals surface area contributed by atoms with Crippen molar-refractivity contribution in [3.05, 3.63) is 30.3 Å². The van der Waals surface area contributed by atoms with Crippen LogP contribution in [0, 0.1) is 5.92 Å². The molecule has 3 rings (SSSR count). The Hall–Kier alpha value is -1.00. The highest BCUT2D eigenvalue weighted by molar-refractivity contribution is 8.01. The van der Waals surface area contributed by atoms with Gasteiger partial charge in [0.25, 0.3) is 0 Å². The highest BCUT2D eigenvalue weighted by Gasteiger charge is 2.45. The van der Waals surface area contributed by atoms with E-state index in [0.29, 0.717) is 0 Å². The van der Waals surface area contributed by atoms with Crippen LogP contribution in [0.3, 0.4) is 0 Å². The molecule has 120 valence electrons. The summed E-state index contributed by atoms with van der Waals surface area (Å²) in [5, 5.41) is 3.19. The number of amides is 1. The van der Waals surface area contributed by atoms with Gasteiger partial charge in [-0.2, -0.15) is 0 Å². The first kappa shape index (κ1) is 15.9. The van der Waals surface area contributed by atoms with E-state index in [4.69, 9.17) is 5.73 Å². The molecular weight excluding hydrogens is 292 g/mol. The average Bonchev–Trinajstić information content (AvgIpc) is 3.25. The topological polar surface area (TPSA) is 55.1 Å². The van der Waals surface area contributed by atoms with Gasteiger partial charge in [0.15, 0.2) is 0 Å². The fourth-order valence-electron chi connectivity index (χ4n) is 3.35. The minimum Gasteiger partial charge on any atom is -0.354 e. The summed E-state index contributed by atoms with van der Waals surface area (Å²) in [7, 11) is 0. The second-order valence-corrected chi connectivity index (χ2v) is 8.66. The second-order valence-electron chi connectivity index (χ2n) is 7.12. The Morgan fingerprint density at radius 3 is 2.64 bits per heavy atom. The standard InChI is InChI=1S/C18H26N2OS/c1-17(19)10-6-5-9-15(17)16(21)20-13-18(11-12-18)22-14-7-3-2-4-8-14/h2-4,7-8,15H,5-6,9-13,19H2,1H3,(H,20,21). The molecule has 2 aliphatic carbocycles. The van der Waals surface area contributed by atoms with Crippen LogP contribution in [0.25, 0.3) is 0 Å². The lowest BCUT2D eigenvalue weighted by molar-refractivity contribution is -0.128. The van der Waals surface area contributed by atoms with E-state index in [2.05, 4.69) is 29.6 Å². The molecule has 4 heteroatoms. The van der Waals surface area contributed by atoms with Gasteiger partial charge in [0.2, 0.25) is 5.91 Å². The SMILES string of the molecule is CC1(N)CCCCC1C(=O)NCC1(Sc2ccccc2)CC1. The Bertz CT molecular complexity index is 525. The van der Waals surface area contributed by atoms with Gasteiger partial charge in [0.1, 0.15) is 0 Å². The third-order valence-corrected chi connectivity index (χ3v) is 6.53. The summed E-state index contributed by atoms with van der Waals surface area (Å²) in [5.41, 5.74) is 5.99. The zero-order valence-corrected chi connectivity index (χ0v) is 14.1. The van der Waals surface area contributed by atoms with Crippen molar-refractivity contribution in [3.63, 3.8) is 0 Å². The lowest BCUT2D eigenvalue weighted by Gasteiger charge is -2.37. The first-order chi connectivity index (χ1) is 10.5. The molecule has 0 aromatic heterocycles. The van der Waals surface area contributed by atoms with Crippen LogP contribution in [0.5, 0.6) is 0 Å². The summed E-state index contributed by atoms with van der Waals surface area (Å²) >= 11 is 1.90. The summed E-state index contributed by atoms with van der Waals surface area (Å²) in [5.74, 6) is 0.128. The molecule has 0 radical (unpaired) electrons. The Kier molecular flexibility index (Phi) is 4.51. The summed E-state index contributed by atoms with van der Waals surface area (Å²) in [6.45, 7) is 2.79. The molecule has 22 heavy (non-hydrogen) atoms. The number of carbonyl (C=O) groups excluding carboxylic acids is 1. The second kappa shape index (κ2) is 6.25. The predicted octanol–water partition coefficient (Wildman–Crippen LogP) is 3.34. The largest absolute Gasteiger partial charge is 0.354 e. The monoisotopic (exact) mass is 318 g/mol. The van der Waals surface area contributed by atoms with Crippen molar-refractivity contribution in [2.24, 2.45) is 11.7 Å². The van der Waals surface area contributed by atoms with E-state index in [0.717, 1.165) is 32.2 Å². The lowest BCUT2D eigenvalue weighted by atomic mass is 9.74. The number of rotatable bonds is 5. The fourth-order valence-corrected chi connectivity index (χ4v) is 4.60. The molecule has 0 saturated heterocycles. The van der Waals surface area contributed by atoms with Gasteiger partial charge >= 0.3 is 0 Å². The van der Waals surface area contributed by atoms with Crippen LogP contribution in [-0.4, -0.2) is 22.7 Å².